The molecule has 2 aliphatic heterocycles. The number of ether oxygens (including phenoxy) is 1. The first-order chi connectivity index (χ1) is 13.6. The number of nitro groups is 1. The number of benzene rings is 1. The first-order valence-corrected chi connectivity index (χ1v) is 9.44. The molecular formula is C19H24N4O6. The Morgan fingerprint density at radius 1 is 1.24 bits per heavy atom. The number of nitrogens with one attached hydrogen (secondary N) is 1. The summed E-state index contributed by atoms with van der Waals surface area (Å²) >= 11 is 0. The summed E-state index contributed by atoms with van der Waals surface area (Å²) in [6.07, 6.45) is 0.772. The van der Waals surface area contributed by atoms with Gasteiger partial charge < -0.3 is 15.0 Å². The quantitative estimate of drug-likeness (QED) is 0.611. The molecule has 2 fully saturated rings. The second kappa shape index (κ2) is 7.69. The smallest absolute Gasteiger partial charge is 0.407 e. The molecule has 4 amide bonds. The summed E-state index contributed by atoms with van der Waals surface area (Å²) in [4.78, 5) is 50.8. The fourth-order valence-electron chi connectivity index (χ4n) is 3.66. The van der Waals surface area contributed by atoms with Gasteiger partial charge in [0.15, 0.2) is 0 Å². The Kier molecular flexibility index (Phi) is 5.45. The van der Waals surface area contributed by atoms with Gasteiger partial charge in [-0.05, 0) is 45.7 Å². The van der Waals surface area contributed by atoms with Crippen LogP contribution in [-0.4, -0.2) is 52.1 Å². The van der Waals surface area contributed by atoms with Gasteiger partial charge in [0.2, 0.25) is 5.91 Å². The molecule has 10 nitrogen and oxygen atoms in total. The SMILES string of the molecule is CC(C)(C)OC(=O)NC1CCCN2C(=O)N(c3ccc([N+](=O)[O-])cc3)C(=O)CC12. The third-order valence-electron chi connectivity index (χ3n) is 4.87. The standard InChI is InChI=1S/C19H24N4O6/c1-19(2,3)29-17(25)20-14-5-4-10-21-15(14)11-16(24)22(18(21)26)12-6-8-13(9-7-12)23(27)28/h6-9,14-15H,4-5,10-11H2,1-3H3,(H,20,25). The number of rotatable bonds is 3. The lowest BCUT2D eigenvalue weighted by atomic mass is 9.91. The number of non-ortho nitro benzene ring substituents is 1. The topological polar surface area (TPSA) is 122 Å². The van der Waals surface area contributed by atoms with Crippen molar-refractivity contribution in [1.82, 2.24) is 10.2 Å². The number of carbonyl (C=O) groups is 3. The van der Waals surface area contributed by atoms with Gasteiger partial charge in [0, 0.05) is 18.7 Å². The van der Waals surface area contributed by atoms with Gasteiger partial charge in [-0.2, -0.15) is 0 Å². The third-order valence-corrected chi connectivity index (χ3v) is 4.87. The minimum atomic E-state index is -0.649. The van der Waals surface area contributed by atoms with Crippen LogP contribution in [0.25, 0.3) is 0 Å². The summed E-state index contributed by atoms with van der Waals surface area (Å²) < 4.78 is 5.29. The van der Waals surface area contributed by atoms with Crippen molar-refractivity contribution < 1.29 is 24.0 Å². The molecule has 2 saturated heterocycles. The lowest BCUT2D eigenvalue weighted by Crippen LogP contribution is -2.65. The molecule has 0 bridgehead atoms. The van der Waals surface area contributed by atoms with Crippen LogP contribution in [-0.2, 0) is 9.53 Å². The van der Waals surface area contributed by atoms with Crippen LogP contribution in [0.4, 0.5) is 21.0 Å². The number of hydrogen-bond acceptors (Lipinski definition) is 6. The maximum atomic E-state index is 13.0. The van der Waals surface area contributed by atoms with Crippen LogP contribution in [0.1, 0.15) is 40.0 Å². The number of carbonyl (C=O) groups excluding carboxylic acids is 3. The van der Waals surface area contributed by atoms with E-state index in [1.54, 1.807) is 25.7 Å². The van der Waals surface area contributed by atoms with E-state index in [1.807, 2.05) is 0 Å². The molecule has 0 spiro atoms. The number of alkyl carbamates (subject to hydrolysis) is 1. The van der Waals surface area contributed by atoms with E-state index in [1.165, 1.54) is 24.3 Å². The normalized spacial score (nSPS) is 22.2. The highest BCUT2D eigenvalue weighted by Gasteiger charge is 2.45. The molecule has 3 rings (SSSR count). The zero-order valence-electron chi connectivity index (χ0n) is 16.6. The first kappa shape index (κ1) is 20.6. The molecule has 10 heteroatoms. The maximum absolute atomic E-state index is 13.0. The Morgan fingerprint density at radius 2 is 1.90 bits per heavy atom. The van der Waals surface area contributed by atoms with Gasteiger partial charge in [-0.3, -0.25) is 14.9 Å². The zero-order chi connectivity index (χ0) is 21.3. The van der Waals surface area contributed by atoms with Crippen LogP contribution in [0.3, 0.4) is 0 Å². The van der Waals surface area contributed by atoms with Gasteiger partial charge >= 0.3 is 12.1 Å². The average Bonchev–Trinajstić information content (AvgIpc) is 2.61. The Morgan fingerprint density at radius 3 is 2.48 bits per heavy atom. The van der Waals surface area contributed by atoms with E-state index in [4.69, 9.17) is 4.74 Å². The molecule has 2 atom stereocenters. The van der Waals surface area contributed by atoms with E-state index in [-0.39, 0.29) is 23.8 Å². The van der Waals surface area contributed by atoms with Crippen molar-refractivity contribution >= 4 is 29.4 Å². The second-order valence-electron chi connectivity index (χ2n) is 8.15. The lowest BCUT2D eigenvalue weighted by Gasteiger charge is -2.46. The van der Waals surface area contributed by atoms with E-state index in [9.17, 15) is 24.5 Å². The van der Waals surface area contributed by atoms with Gasteiger partial charge in [-0.25, -0.2) is 14.5 Å². The highest BCUT2D eigenvalue weighted by atomic mass is 16.6. The summed E-state index contributed by atoms with van der Waals surface area (Å²) in [6, 6.07) is 3.95. The molecule has 0 saturated carbocycles. The molecule has 1 N–H and O–H groups in total. The minimum absolute atomic E-state index is 0.0448. The van der Waals surface area contributed by atoms with Crippen molar-refractivity contribution in [2.75, 3.05) is 11.4 Å². The van der Waals surface area contributed by atoms with E-state index >= 15 is 0 Å². The van der Waals surface area contributed by atoms with Crippen LogP contribution < -0.4 is 10.2 Å². The van der Waals surface area contributed by atoms with Crippen molar-refractivity contribution in [2.45, 2.75) is 57.7 Å². The fraction of sp³-hybridized carbons (Fsp3) is 0.526. The number of urea groups is 1. The summed E-state index contributed by atoms with van der Waals surface area (Å²) in [7, 11) is 0. The number of amides is 4. The number of piperidine rings is 1. The average molecular weight is 404 g/mol. The van der Waals surface area contributed by atoms with Gasteiger partial charge in [-0.15, -0.1) is 0 Å². The summed E-state index contributed by atoms with van der Waals surface area (Å²) in [5.74, 6) is -0.414. The van der Waals surface area contributed by atoms with E-state index < -0.39 is 34.6 Å². The Hall–Kier alpha value is -3.17. The minimum Gasteiger partial charge on any atom is -0.444 e. The van der Waals surface area contributed by atoms with Crippen molar-refractivity contribution in [2.24, 2.45) is 0 Å². The fourth-order valence-corrected chi connectivity index (χ4v) is 3.66. The van der Waals surface area contributed by atoms with Crippen molar-refractivity contribution in [3.63, 3.8) is 0 Å². The van der Waals surface area contributed by atoms with E-state index in [2.05, 4.69) is 5.32 Å². The molecule has 2 heterocycles. The lowest BCUT2D eigenvalue weighted by molar-refractivity contribution is -0.384. The zero-order valence-corrected chi connectivity index (χ0v) is 16.6. The molecule has 29 heavy (non-hydrogen) atoms. The number of hydrogen-bond donors (Lipinski definition) is 1. The number of nitro benzene ring substituents is 1. The monoisotopic (exact) mass is 404 g/mol. The molecule has 2 aliphatic rings. The molecule has 0 aromatic heterocycles. The highest BCUT2D eigenvalue weighted by molar-refractivity contribution is 6.16. The van der Waals surface area contributed by atoms with Crippen LogP contribution in [0.2, 0.25) is 0 Å². The molecule has 1 aromatic rings. The predicted octanol–water partition coefficient (Wildman–Crippen LogP) is 2.81. The van der Waals surface area contributed by atoms with E-state index in [0.717, 1.165) is 4.90 Å². The Balaban J connectivity index is 1.76. The molecule has 2 unspecified atom stereocenters. The van der Waals surface area contributed by atoms with Crippen LogP contribution in [0.15, 0.2) is 24.3 Å². The maximum Gasteiger partial charge on any atom is 0.407 e. The van der Waals surface area contributed by atoms with Crippen molar-refractivity contribution in [1.29, 1.82) is 0 Å². The second-order valence-corrected chi connectivity index (χ2v) is 8.15. The van der Waals surface area contributed by atoms with Gasteiger partial charge in [0.25, 0.3) is 5.69 Å². The third kappa shape index (κ3) is 4.47. The summed E-state index contributed by atoms with van der Waals surface area (Å²) in [6.45, 7) is 5.74. The highest BCUT2D eigenvalue weighted by Crippen LogP contribution is 2.31. The van der Waals surface area contributed by atoms with Crippen molar-refractivity contribution in [3.05, 3.63) is 34.4 Å². The van der Waals surface area contributed by atoms with Gasteiger partial charge in [-0.1, -0.05) is 0 Å². The number of imide groups is 1. The largest absolute Gasteiger partial charge is 0.444 e. The summed E-state index contributed by atoms with van der Waals surface area (Å²) in [5, 5.41) is 13.6. The molecule has 0 aliphatic carbocycles. The molecular weight excluding hydrogens is 380 g/mol. The number of nitrogens with zero attached hydrogens (tertiary/aromatic N) is 3. The van der Waals surface area contributed by atoms with Crippen LogP contribution >= 0.6 is 0 Å². The van der Waals surface area contributed by atoms with Gasteiger partial charge in [0.1, 0.15) is 5.60 Å². The van der Waals surface area contributed by atoms with E-state index in [0.29, 0.717) is 19.4 Å². The summed E-state index contributed by atoms with van der Waals surface area (Å²) in [5.41, 5.74) is -0.488. The molecule has 156 valence electrons. The number of fused-ring (bicyclic) bond motifs is 1. The van der Waals surface area contributed by atoms with Crippen LogP contribution in [0, 0.1) is 10.1 Å². The van der Waals surface area contributed by atoms with Crippen molar-refractivity contribution in [3.8, 4) is 0 Å². The van der Waals surface area contributed by atoms with Gasteiger partial charge in [0.05, 0.1) is 29.1 Å². The Labute approximate surface area is 167 Å². The predicted molar refractivity (Wildman–Crippen MR) is 103 cm³/mol. The van der Waals surface area contributed by atoms with Crippen LogP contribution in [0.5, 0.6) is 0 Å². The molecule has 1 aromatic carbocycles. The first-order valence-electron chi connectivity index (χ1n) is 9.44. The molecule has 0 radical (unpaired) electrons. The number of anilines is 1. The Bertz CT molecular complexity index is 832.